The molecule has 7 nitrogen and oxygen atoms in total. The Labute approximate surface area is 179 Å². The molecule has 8 heteroatoms. The summed E-state index contributed by atoms with van der Waals surface area (Å²) in [5, 5.41) is 10.1. The zero-order valence-electron chi connectivity index (χ0n) is 18.0. The molecule has 29 heavy (non-hydrogen) atoms. The molecule has 3 aliphatic heterocycles. The lowest BCUT2D eigenvalue weighted by Gasteiger charge is -2.25. The Morgan fingerprint density at radius 1 is 1.03 bits per heavy atom. The summed E-state index contributed by atoms with van der Waals surface area (Å²) in [5.41, 5.74) is 0. The Hall–Kier alpha value is -1.12. The standard InChI is InChI=1S/C21H36N6OS/c1-24-20(22-23-21(24)29-16-15-25-10-6-7-11-25)18-9-8-14-27(18)17-19(28)26-12-4-2-3-5-13-26/h18H,2-17H2,1H3/p+2/t18-/m1/s1. The smallest absolute Gasteiger partial charge is 0.277 e. The van der Waals surface area contributed by atoms with Crippen molar-refractivity contribution in [1.29, 1.82) is 0 Å². The molecule has 1 amide bonds. The van der Waals surface area contributed by atoms with E-state index in [1.54, 1.807) is 4.90 Å². The quantitative estimate of drug-likeness (QED) is 0.593. The molecule has 162 valence electrons. The van der Waals surface area contributed by atoms with E-state index < -0.39 is 0 Å². The highest BCUT2D eigenvalue weighted by Gasteiger charge is 2.36. The van der Waals surface area contributed by atoms with Gasteiger partial charge in [0, 0.05) is 45.8 Å². The molecule has 0 aromatic carbocycles. The highest BCUT2D eigenvalue weighted by Crippen LogP contribution is 2.22. The lowest BCUT2D eigenvalue weighted by Crippen LogP contribution is -3.11. The van der Waals surface area contributed by atoms with Crippen LogP contribution in [0.25, 0.3) is 0 Å². The maximum Gasteiger partial charge on any atom is 0.277 e. The van der Waals surface area contributed by atoms with E-state index in [0.717, 1.165) is 55.6 Å². The van der Waals surface area contributed by atoms with Crippen molar-refractivity contribution in [3.8, 4) is 0 Å². The van der Waals surface area contributed by atoms with Crippen molar-refractivity contribution < 1.29 is 14.6 Å². The van der Waals surface area contributed by atoms with Gasteiger partial charge < -0.3 is 19.3 Å². The number of nitrogens with zero attached hydrogens (tertiary/aromatic N) is 4. The van der Waals surface area contributed by atoms with E-state index in [-0.39, 0.29) is 0 Å². The minimum atomic E-state index is 0.307. The van der Waals surface area contributed by atoms with Gasteiger partial charge in [0.2, 0.25) is 0 Å². The first kappa shape index (κ1) is 21.1. The van der Waals surface area contributed by atoms with Crippen molar-refractivity contribution in [2.45, 2.75) is 62.6 Å². The number of amides is 1. The van der Waals surface area contributed by atoms with E-state index in [2.05, 4.69) is 26.7 Å². The Kier molecular flexibility index (Phi) is 7.48. The predicted octanol–water partition coefficient (Wildman–Crippen LogP) is -0.292. The van der Waals surface area contributed by atoms with E-state index in [0.29, 0.717) is 18.5 Å². The van der Waals surface area contributed by atoms with Crippen LogP contribution in [-0.4, -0.2) is 77.1 Å². The van der Waals surface area contributed by atoms with Gasteiger partial charge in [0.05, 0.1) is 31.9 Å². The third-order valence-corrected chi connectivity index (χ3v) is 8.02. The largest absolute Gasteiger partial charge is 0.338 e. The molecule has 1 aromatic rings. The number of likely N-dealkylation sites (tertiary alicyclic amines) is 3. The third kappa shape index (κ3) is 5.33. The van der Waals surface area contributed by atoms with E-state index in [1.165, 1.54) is 56.6 Å². The van der Waals surface area contributed by atoms with E-state index in [4.69, 9.17) is 0 Å². The topological polar surface area (TPSA) is 59.9 Å². The first-order chi connectivity index (χ1) is 14.2. The third-order valence-electron chi connectivity index (χ3n) is 7.00. The van der Waals surface area contributed by atoms with Gasteiger partial charge in [-0.2, -0.15) is 0 Å². The molecule has 2 N–H and O–H groups in total. The molecule has 3 saturated heterocycles. The maximum atomic E-state index is 12.9. The highest BCUT2D eigenvalue weighted by molar-refractivity contribution is 7.99. The fraction of sp³-hybridized carbons (Fsp3) is 0.857. The molecular weight excluding hydrogens is 384 g/mol. The number of aromatic nitrogens is 3. The monoisotopic (exact) mass is 422 g/mol. The van der Waals surface area contributed by atoms with Crippen LogP contribution >= 0.6 is 11.8 Å². The van der Waals surface area contributed by atoms with Crippen LogP contribution in [0.15, 0.2) is 5.16 Å². The molecule has 4 rings (SSSR count). The van der Waals surface area contributed by atoms with Gasteiger partial charge in [0.25, 0.3) is 5.91 Å². The van der Waals surface area contributed by atoms with Crippen LogP contribution in [-0.2, 0) is 11.8 Å². The molecule has 3 aliphatic rings. The second-order valence-corrected chi connectivity index (χ2v) is 10.1. The number of carbonyl (C=O) groups excluding carboxylic acids is 1. The number of rotatable bonds is 7. The Bertz CT molecular complexity index is 666. The van der Waals surface area contributed by atoms with Crippen LogP contribution in [0.1, 0.15) is 63.2 Å². The Morgan fingerprint density at radius 3 is 2.55 bits per heavy atom. The summed E-state index contributed by atoms with van der Waals surface area (Å²) in [6.07, 6.45) is 9.89. The fourth-order valence-electron chi connectivity index (χ4n) is 5.23. The van der Waals surface area contributed by atoms with Crippen molar-refractivity contribution in [2.24, 2.45) is 7.05 Å². The van der Waals surface area contributed by atoms with Gasteiger partial charge in [-0.25, -0.2) is 0 Å². The zero-order valence-corrected chi connectivity index (χ0v) is 18.8. The van der Waals surface area contributed by atoms with Crippen LogP contribution in [0, 0.1) is 0 Å². The summed E-state index contributed by atoms with van der Waals surface area (Å²) >= 11 is 1.84. The van der Waals surface area contributed by atoms with E-state index in [1.807, 2.05) is 11.8 Å². The van der Waals surface area contributed by atoms with Crippen molar-refractivity contribution >= 4 is 17.7 Å². The Morgan fingerprint density at radius 2 is 1.79 bits per heavy atom. The van der Waals surface area contributed by atoms with Gasteiger partial charge in [-0.15, -0.1) is 10.2 Å². The molecule has 0 spiro atoms. The number of hydrogen-bond acceptors (Lipinski definition) is 4. The Balaban J connectivity index is 1.33. The lowest BCUT2D eigenvalue weighted by molar-refractivity contribution is -0.911. The van der Waals surface area contributed by atoms with Gasteiger partial charge in [0.1, 0.15) is 6.04 Å². The van der Waals surface area contributed by atoms with Crippen LogP contribution in [0.2, 0.25) is 0 Å². The van der Waals surface area contributed by atoms with Crippen LogP contribution < -0.4 is 9.80 Å². The molecule has 1 aromatic heterocycles. The van der Waals surface area contributed by atoms with Gasteiger partial charge in [-0.05, 0) is 12.8 Å². The average molecular weight is 423 g/mol. The SMILES string of the molecule is Cn1c(SCC[NH+]2CCCC2)nnc1[C@H]1CCC[NH+]1CC(=O)N1CCCCCC1. The summed E-state index contributed by atoms with van der Waals surface area (Å²) in [5.74, 6) is 2.51. The second-order valence-electron chi connectivity index (χ2n) is 9.03. The van der Waals surface area contributed by atoms with E-state index >= 15 is 0 Å². The second kappa shape index (κ2) is 10.3. The molecule has 0 radical (unpaired) electrons. The van der Waals surface area contributed by atoms with Crippen molar-refractivity contribution in [1.82, 2.24) is 19.7 Å². The molecule has 3 fully saturated rings. The van der Waals surface area contributed by atoms with Gasteiger partial charge in [-0.3, -0.25) is 4.79 Å². The molecule has 0 aliphatic carbocycles. The van der Waals surface area contributed by atoms with Crippen LogP contribution in [0.4, 0.5) is 0 Å². The number of carbonyl (C=O) groups is 1. The molecule has 2 atom stereocenters. The van der Waals surface area contributed by atoms with Gasteiger partial charge in [-0.1, -0.05) is 24.6 Å². The number of thioether (sulfide) groups is 1. The minimum absolute atomic E-state index is 0.307. The lowest BCUT2D eigenvalue weighted by atomic mass is 10.2. The van der Waals surface area contributed by atoms with Crippen LogP contribution in [0.3, 0.4) is 0 Å². The van der Waals surface area contributed by atoms with Crippen molar-refractivity contribution in [2.75, 3.05) is 51.6 Å². The summed E-state index contributed by atoms with van der Waals surface area (Å²) in [7, 11) is 2.10. The molecule has 0 saturated carbocycles. The van der Waals surface area contributed by atoms with Gasteiger partial charge in [0.15, 0.2) is 17.5 Å². The summed E-state index contributed by atoms with van der Waals surface area (Å²) < 4.78 is 2.19. The minimum Gasteiger partial charge on any atom is -0.338 e. The average Bonchev–Trinajstić information content (AvgIpc) is 3.41. The fourth-order valence-corrected chi connectivity index (χ4v) is 6.19. The highest BCUT2D eigenvalue weighted by atomic mass is 32.2. The number of nitrogens with one attached hydrogen (secondary N) is 2. The van der Waals surface area contributed by atoms with Gasteiger partial charge >= 0.3 is 0 Å². The van der Waals surface area contributed by atoms with E-state index in [9.17, 15) is 4.79 Å². The summed E-state index contributed by atoms with van der Waals surface area (Å²) in [4.78, 5) is 18.1. The first-order valence-corrected chi connectivity index (χ1v) is 12.7. The molecular formula is C21H38N6OS+2. The predicted molar refractivity (Wildman–Crippen MR) is 114 cm³/mol. The normalized spacial score (nSPS) is 26.2. The summed E-state index contributed by atoms with van der Waals surface area (Å²) in [6, 6.07) is 0.307. The number of hydrogen-bond donors (Lipinski definition) is 2. The van der Waals surface area contributed by atoms with Crippen LogP contribution in [0.5, 0.6) is 0 Å². The first-order valence-electron chi connectivity index (χ1n) is 11.7. The van der Waals surface area contributed by atoms with Crippen molar-refractivity contribution in [3.05, 3.63) is 5.82 Å². The molecule has 4 heterocycles. The molecule has 0 bridgehead atoms. The van der Waals surface area contributed by atoms with Crippen molar-refractivity contribution in [3.63, 3.8) is 0 Å². The molecule has 1 unspecified atom stereocenters. The maximum absolute atomic E-state index is 12.9. The summed E-state index contributed by atoms with van der Waals surface area (Å²) in [6.45, 7) is 7.45. The zero-order chi connectivity index (χ0) is 20.1. The number of quaternary nitrogens is 2.